The number of ether oxygens (including phenoxy) is 1. The molecule has 20 heavy (non-hydrogen) atoms. The van der Waals surface area contributed by atoms with Crippen molar-refractivity contribution in [1.29, 1.82) is 0 Å². The summed E-state index contributed by atoms with van der Waals surface area (Å²) in [4.78, 5) is 14.2. The molecule has 0 atom stereocenters. The van der Waals surface area contributed by atoms with E-state index in [2.05, 4.69) is 36.8 Å². The van der Waals surface area contributed by atoms with Crippen LogP contribution in [0.25, 0.3) is 0 Å². The lowest BCUT2D eigenvalue weighted by molar-refractivity contribution is -0.385. The minimum absolute atomic E-state index is 0.109. The lowest BCUT2D eigenvalue weighted by atomic mass is 10.2. The average molecular weight is 406 g/mol. The molecule has 0 unspecified atom stereocenters. The Labute approximate surface area is 130 Å². The third-order valence-electron chi connectivity index (χ3n) is 2.50. The average Bonchev–Trinajstić information content (AvgIpc) is 2.37. The maximum atomic E-state index is 13.0. The largest absolute Gasteiger partial charge is 0.437 e. The van der Waals surface area contributed by atoms with Crippen LogP contribution in [0.4, 0.5) is 10.1 Å². The molecule has 0 saturated carbocycles. The molecule has 0 fully saturated rings. The topological polar surface area (TPSA) is 65.3 Å². The van der Waals surface area contributed by atoms with Gasteiger partial charge in [0.25, 0.3) is 5.69 Å². The molecule has 1 aromatic heterocycles. The van der Waals surface area contributed by atoms with E-state index in [0.29, 0.717) is 20.3 Å². The van der Waals surface area contributed by atoms with E-state index in [-0.39, 0.29) is 11.6 Å². The Morgan fingerprint density at radius 3 is 2.70 bits per heavy atom. The summed E-state index contributed by atoms with van der Waals surface area (Å²) in [5.74, 6) is 0.115. The van der Waals surface area contributed by atoms with E-state index in [1.54, 1.807) is 6.92 Å². The molecule has 0 bridgehead atoms. The molecule has 0 aliphatic rings. The second kappa shape index (κ2) is 5.84. The zero-order valence-electron chi connectivity index (χ0n) is 10.1. The summed E-state index contributed by atoms with van der Waals surface area (Å²) in [6.45, 7) is 1.58. The van der Waals surface area contributed by atoms with Crippen molar-refractivity contribution in [2.45, 2.75) is 6.92 Å². The van der Waals surface area contributed by atoms with Crippen LogP contribution in [0, 0.1) is 22.9 Å². The number of nitro groups is 1. The van der Waals surface area contributed by atoms with E-state index in [9.17, 15) is 14.5 Å². The van der Waals surface area contributed by atoms with Gasteiger partial charge < -0.3 is 4.74 Å². The van der Waals surface area contributed by atoms with Crippen LogP contribution in [0.1, 0.15) is 5.56 Å². The lowest BCUT2D eigenvalue weighted by Crippen LogP contribution is -1.97. The summed E-state index contributed by atoms with van der Waals surface area (Å²) in [6, 6.07) is 3.93. The Kier molecular flexibility index (Phi) is 4.34. The van der Waals surface area contributed by atoms with Gasteiger partial charge in [-0.15, -0.1) is 0 Å². The molecule has 0 amide bonds. The number of hydrogen-bond donors (Lipinski definition) is 0. The monoisotopic (exact) mass is 404 g/mol. The van der Waals surface area contributed by atoms with Gasteiger partial charge in [-0.2, -0.15) is 0 Å². The first kappa shape index (κ1) is 14.9. The normalized spacial score (nSPS) is 10.4. The van der Waals surface area contributed by atoms with Crippen molar-refractivity contribution in [3.8, 4) is 11.6 Å². The van der Waals surface area contributed by atoms with Crippen molar-refractivity contribution < 1.29 is 14.1 Å². The van der Waals surface area contributed by atoms with Crippen molar-refractivity contribution in [2.24, 2.45) is 0 Å². The standard InChI is InChI=1S/C12H7Br2FN2O3/c1-6-9(17(18)19)5-16-12(11(6)14)20-10-3-2-7(15)4-8(10)13/h2-5H,1H3. The van der Waals surface area contributed by atoms with E-state index < -0.39 is 10.7 Å². The zero-order valence-corrected chi connectivity index (χ0v) is 13.2. The minimum atomic E-state index is -0.523. The van der Waals surface area contributed by atoms with Gasteiger partial charge in [-0.1, -0.05) is 0 Å². The van der Waals surface area contributed by atoms with Crippen LogP contribution in [-0.4, -0.2) is 9.91 Å². The second-order valence-corrected chi connectivity index (χ2v) is 5.47. The predicted molar refractivity (Wildman–Crippen MR) is 77.5 cm³/mol. The number of hydrogen-bond acceptors (Lipinski definition) is 4. The Morgan fingerprint density at radius 2 is 2.10 bits per heavy atom. The molecule has 0 N–H and O–H groups in total. The summed E-state index contributed by atoms with van der Waals surface area (Å²) in [5, 5.41) is 10.8. The molecule has 0 saturated heterocycles. The fourth-order valence-corrected chi connectivity index (χ4v) is 2.28. The molecule has 0 aliphatic carbocycles. The van der Waals surface area contributed by atoms with E-state index in [1.807, 2.05) is 0 Å². The van der Waals surface area contributed by atoms with Crippen LogP contribution in [0.15, 0.2) is 33.3 Å². The quantitative estimate of drug-likeness (QED) is 0.545. The van der Waals surface area contributed by atoms with Crippen LogP contribution in [0.3, 0.4) is 0 Å². The first-order chi connectivity index (χ1) is 9.40. The van der Waals surface area contributed by atoms with Crippen molar-refractivity contribution in [1.82, 2.24) is 4.98 Å². The summed E-state index contributed by atoms with van der Waals surface area (Å²) in [7, 11) is 0. The highest BCUT2D eigenvalue weighted by molar-refractivity contribution is 9.11. The Bertz CT molecular complexity index is 695. The molecule has 104 valence electrons. The third kappa shape index (κ3) is 2.96. The van der Waals surface area contributed by atoms with Crippen molar-refractivity contribution >= 4 is 37.5 Å². The highest BCUT2D eigenvalue weighted by Gasteiger charge is 2.19. The summed E-state index contributed by atoms with van der Waals surface area (Å²) < 4.78 is 19.3. The van der Waals surface area contributed by atoms with Crippen molar-refractivity contribution in [3.05, 3.63) is 54.8 Å². The zero-order chi connectivity index (χ0) is 14.9. The van der Waals surface area contributed by atoms with Crippen LogP contribution in [0.2, 0.25) is 0 Å². The molecule has 0 spiro atoms. The summed E-state index contributed by atoms with van der Waals surface area (Å²) in [6.07, 6.45) is 1.12. The molecule has 5 nitrogen and oxygen atoms in total. The number of rotatable bonds is 3. The van der Waals surface area contributed by atoms with E-state index in [0.717, 1.165) is 6.20 Å². The lowest BCUT2D eigenvalue weighted by Gasteiger charge is -2.09. The van der Waals surface area contributed by atoms with Gasteiger partial charge in [-0.05, 0) is 57.0 Å². The van der Waals surface area contributed by atoms with Crippen molar-refractivity contribution in [3.63, 3.8) is 0 Å². The van der Waals surface area contributed by atoms with Gasteiger partial charge in [-0.25, -0.2) is 9.37 Å². The molecule has 1 heterocycles. The van der Waals surface area contributed by atoms with Gasteiger partial charge in [0.2, 0.25) is 5.88 Å². The first-order valence-electron chi connectivity index (χ1n) is 5.32. The van der Waals surface area contributed by atoms with Crippen LogP contribution < -0.4 is 4.74 Å². The molecule has 2 aromatic rings. The minimum Gasteiger partial charge on any atom is -0.437 e. The third-order valence-corrected chi connectivity index (χ3v) is 4.06. The molecule has 8 heteroatoms. The smallest absolute Gasteiger partial charge is 0.291 e. The van der Waals surface area contributed by atoms with Gasteiger partial charge in [0.1, 0.15) is 17.8 Å². The summed E-state index contributed by atoms with van der Waals surface area (Å²) in [5.41, 5.74) is 0.292. The van der Waals surface area contributed by atoms with E-state index in [1.165, 1.54) is 18.2 Å². The molecule has 0 aliphatic heterocycles. The molecule has 2 rings (SSSR count). The van der Waals surface area contributed by atoms with Gasteiger partial charge in [0, 0.05) is 5.56 Å². The molecular weight excluding hydrogens is 399 g/mol. The first-order valence-corrected chi connectivity index (χ1v) is 6.91. The Balaban J connectivity index is 2.39. The van der Waals surface area contributed by atoms with Crippen LogP contribution >= 0.6 is 31.9 Å². The molecule has 0 radical (unpaired) electrons. The fraction of sp³-hybridized carbons (Fsp3) is 0.0833. The number of halogens is 3. The predicted octanol–water partition coefficient (Wildman–Crippen LogP) is 4.75. The number of benzene rings is 1. The Morgan fingerprint density at radius 1 is 1.40 bits per heavy atom. The molecule has 1 aromatic carbocycles. The van der Waals surface area contributed by atoms with Crippen LogP contribution in [0.5, 0.6) is 11.6 Å². The second-order valence-electron chi connectivity index (χ2n) is 3.82. The fourth-order valence-electron chi connectivity index (χ4n) is 1.46. The van der Waals surface area contributed by atoms with Crippen LogP contribution in [-0.2, 0) is 0 Å². The van der Waals surface area contributed by atoms with E-state index in [4.69, 9.17) is 4.74 Å². The Hall–Kier alpha value is -1.54. The van der Waals surface area contributed by atoms with Gasteiger partial charge >= 0.3 is 0 Å². The molecular formula is C12H7Br2FN2O3. The van der Waals surface area contributed by atoms with Gasteiger partial charge in [-0.3, -0.25) is 10.1 Å². The van der Waals surface area contributed by atoms with Crippen molar-refractivity contribution in [2.75, 3.05) is 0 Å². The highest BCUT2D eigenvalue weighted by Crippen LogP contribution is 2.36. The van der Waals surface area contributed by atoms with E-state index >= 15 is 0 Å². The number of nitrogens with zero attached hydrogens (tertiary/aromatic N) is 2. The maximum Gasteiger partial charge on any atom is 0.291 e. The summed E-state index contributed by atoms with van der Waals surface area (Å²) >= 11 is 6.38. The number of pyridine rings is 1. The van der Waals surface area contributed by atoms with Gasteiger partial charge in [0.15, 0.2) is 0 Å². The highest BCUT2D eigenvalue weighted by atomic mass is 79.9. The van der Waals surface area contributed by atoms with Gasteiger partial charge in [0.05, 0.1) is 13.9 Å². The SMILES string of the molecule is Cc1c([N+](=O)[O-])cnc(Oc2ccc(F)cc2Br)c1Br. The number of aromatic nitrogens is 1. The maximum absolute atomic E-state index is 13.0.